The molecular weight excluding hydrogens is 172 g/mol. The van der Waals surface area contributed by atoms with Crippen molar-refractivity contribution < 1.29 is 0 Å². The maximum absolute atomic E-state index is 8.43. The lowest BCUT2D eigenvalue weighted by atomic mass is 10.0. The Kier molecular flexibility index (Phi) is 3.30. The van der Waals surface area contributed by atoms with Crippen LogP contribution in [0.25, 0.3) is 5.70 Å². The van der Waals surface area contributed by atoms with Crippen LogP contribution in [0.2, 0.25) is 0 Å². The van der Waals surface area contributed by atoms with Crippen LogP contribution in [-0.2, 0) is 0 Å². The van der Waals surface area contributed by atoms with Crippen molar-refractivity contribution in [1.82, 2.24) is 0 Å². The van der Waals surface area contributed by atoms with Crippen LogP contribution in [0.5, 0.6) is 0 Å². The third kappa shape index (κ3) is 2.37. The standard InChI is InChI=1S/C12H14N2/c1-9(2)10-3-5-11(6-4-10)12(14)7-8-13/h3-7,9H,14H2,1-2H3/b12-7-. The first-order valence-corrected chi connectivity index (χ1v) is 4.60. The number of allylic oxidation sites excluding steroid dienone is 1. The molecule has 1 rings (SSSR count). The second-order valence-electron chi connectivity index (χ2n) is 3.51. The van der Waals surface area contributed by atoms with E-state index in [0.717, 1.165) is 5.56 Å². The Labute approximate surface area is 84.7 Å². The maximum atomic E-state index is 8.43. The molecule has 0 aliphatic carbocycles. The molecule has 0 saturated heterocycles. The summed E-state index contributed by atoms with van der Waals surface area (Å²) in [6.45, 7) is 4.28. The van der Waals surface area contributed by atoms with Gasteiger partial charge in [0.05, 0.1) is 6.07 Å². The zero-order valence-electron chi connectivity index (χ0n) is 8.49. The number of hydrogen-bond acceptors (Lipinski definition) is 2. The fourth-order valence-corrected chi connectivity index (χ4v) is 1.21. The van der Waals surface area contributed by atoms with Crippen LogP contribution in [0, 0.1) is 11.3 Å². The van der Waals surface area contributed by atoms with E-state index in [-0.39, 0.29) is 0 Å². The van der Waals surface area contributed by atoms with Gasteiger partial charge < -0.3 is 5.73 Å². The van der Waals surface area contributed by atoms with E-state index in [2.05, 4.69) is 13.8 Å². The molecule has 0 bridgehead atoms. The molecule has 2 nitrogen and oxygen atoms in total. The van der Waals surface area contributed by atoms with Crippen LogP contribution < -0.4 is 5.73 Å². The van der Waals surface area contributed by atoms with Crippen molar-refractivity contribution in [3.8, 4) is 6.07 Å². The monoisotopic (exact) mass is 186 g/mol. The summed E-state index contributed by atoms with van der Waals surface area (Å²) in [5.41, 5.74) is 8.36. The first-order chi connectivity index (χ1) is 6.65. The van der Waals surface area contributed by atoms with E-state index < -0.39 is 0 Å². The van der Waals surface area contributed by atoms with Gasteiger partial charge in [0.1, 0.15) is 0 Å². The minimum absolute atomic E-state index is 0.516. The molecule has 0 amide bonds. The molecular formula is C12H14N2. The molecule has 72 valence electrons. The molecule has 1 aromatic carbocycles. The van der Waals surface area contributed by atoms with E-state index in [1.165, 1.54) is 11.6 Å². The van der Waals surface area contributed by atoms with Crippen LogP contribution in [0.15, 0.2) is 30.3 Å². The third-order valence-corrected chi connectivity index (χ3v) is 2.13. The zero-order chi connectivity index (χ0) is 10.6. The van der Waals surface area contributed by atoms with Crippen molar-refractivity contribution in [2.75, 3.05) is 0 Å². The topological polar surface area (TPSA) is 49.8 Å². The van der Waals surface area contributed by atoms with Crippen LogP contribution in [0.1, 0.15) is 30.9 Å². The summed E-state index contributed by atoms with van der Waals surface area (Å²) in [6, 6.07) is 9.88. The fourth-order valence-electron chi connectivity index (χ4n) is 1.21. The van der Waals surface area contributed by atoms with E-state index in [4.69, 9.17) is 11.0 Å². The molecule has 1 aromatic rings. The molecule has 0 spiro atoms. The molecule has 0 aromatic heterocycles. The summed E-state index contributed by atoms with van der Waals surface area (Å²) >= 11 is 0. The Bertz CT molecular complexity index is 366. The van der Waals surface area contributed by atoms with Gasteiger partial charge in [-0.25, -0.2) is 0 Å². The lowest BCUT2D eigenvalue weighted by molar-refractivity contribution is 0.866. The Hall–Kier alpha value is -1.75. The van der Waals surface area contributed by atoms with Gasteiger partial charge in [-0.3, -0.25) is 0 Å². The van der Waals surface area contributed by atoms with Gasteiger partial charge in [0.2, 0.25) is 0 Å². The van der Waals surface area contributed by atoms with Crippen molar-refractivity contribution in [2.24, 2.45) is 5.73 Å². The van der Waals surface area contributed by atoms with Gasteiger partial charge in [-0.1, -0.05) is 38.1 Å². The molecule has 0 unspecified atom stereocenters. The number of hydrogen-bond donors (Lipinski definition) is 1. The Morgan fingerprint density at radius 1 is 1.36 bits per heavy atom. The smallest absolute Gasteiger partial charge is 0.0933 e. The Morgan fingerprint density at radius 3 is 2.36 bits per heavy atom. The maximum Gasteiger partial charge on any atom is 0.0933 e. The molecule has 0 radical (unpaired) electrons. The van der Waals surface area contributed by atoms with Gasteiger partial charge in [0.15, 0.2) is 0 Å². The summed E-state index contributed by atoms with van der Waals surface area (Å²) in [5.74, 6) is 0.519. The van der Waals surface area contributed by atoms with Gasteiger partial charge in [-0.05, 0) is 17.0 Å². The van der Waals surface area contributed by atoms with Crippen molar-refractivity contribution in [3.05, 3.63) is 41.5 Å². The number of nitrogens with two attached hydrogens (primary N) is 1. The molecule has 0 saturated carbocycles. The molecule has 2 heteroatoms. The van der Waals surface area contributed by atoms with Gasteiger partial charge in [0, 0.05) is 11.8 Å². The molecule has 14 heavy (non-hydrogen) atoms. The van der Waals surface area contributed by atoms with Crippen molar-refractivity contribution in [2.45, 2.75) is 19.8 Å². The minimum atomic E-state index is 0.516. The van der Waals surface area contributed by atoms with Crippen molar-refractivity contribution >= 4 is 5.70 Å². The highest BCUT2D eigenvalue weighted by Crippen LogP contribution is 2.16. The molecule has 0 aliphatic heterocycles. The molecule has 0 atom stereocenters. The first kappa shape index (κ1) is 10.3. The second kappa shape index (κ2) is 4.48. The average molecular weight is 186 g/mol. The SMILES string of the molecule is CC(C)c1ccc(/C(N)=C/C#N)cc1. The minimum Gasteiger partial charge on any atom is -0.398 e. The van der Waals surface area contributed by atoms with Gasteiger partial charge >= 0.3 is 0 Å². The highest BCUT2D eigenvalue weighted by atomic mass is 14.6. The Morgan fingerprint density at radius 2 is 1.93 bits per heavy atom. The van der Waals surface area contributed by atoms with E-state index in [1.807, 2.05) is 30.3 Å². The van der Waals surface area contributed by atoms with Crippen molar-refractivity contribution in [3.63, 3.8) is 0 Å². The molecule has 0 heterocycles. The van der Waals surface area contributed by atoms with Gasteiger partial charge in [0.25, 0.3) is 0 Å². The first-order valence-electron chi connectivity index (χ1n) is 4.60. The summed E-state index contributed by atoms with van der Waals surface area (Å²) in [4.78, 5) is 0. The summed E-state index contributed by atoms with van der Waals surface area (Å²) < 4.78 is 0. The molecule has 0 fully saturated rings. The quantitative estimate of drug-likeness (QED) is 0.722. The third-order valence-electron chi connectivity index (χ3n) is 2.13. The normalized spacial score (nSPS) is 11.4. The van der Waals surface area contributed by atoms with Gasteiger partial charge in [-0.15, -0.1) is 0 Å². The highest BCUT2D eigenvalue weighted by Gasteiger charge is 1.99. The lowest BCUT2D eigenvalue weighted by Gasteiger charge is -2.06. The average Bonchev–Trinajstić information content (AvgIpc) is 2.18. The number of nitrogens with zero attached hydrogens (tertiary/aromatic N) is 1. The zero-order valence-corrected chi connectivity index (χ0v) is 8.49. The van der Waals surface area contributed by atoms with Crippen molar-refractivity contribution in [1.29, 1.82) is 5.26 Å². The van der Waals surface area contributed by atoms with E-state index in [0.29, 0.717) is 11.6 Å². The summed E-state index contributed by atoms with van der Waals surface area (Å²) in [5, 5.41) is 8.43. The second-order valence-corrected chi connectivity index (χ2v) is 3.51. The predicted molar refractivity (Wildman–Crippen MR) is 58.3 cm³/mol. The summed E-state index contributed by atoms with van der Waals surface area (Å²) in [6.07, 6.45) is 1.35. The number of rotatable bonds is 2. The molecule has 0 aliphatic rings. The number of nitriles is 1. The molecule has 2 N–H and O–H groups in total. The van der Waals surface area contributed by atoms with Crippen LogP contribution in [-0.4, -0.2) is 0 Å². The van der Waals surface area contributed by atoms with E-state index in [9.17, 15) is 0 Å². The van der Waals surface area contributed by atoms with Crippen LogP contribution >= 0.6 is 0 Å². The fraction of sp³-hybridized carbons (Fsp3) is 0.250. The van der Waals surface area contributed by atoms with E-state index in [1.54, 1.807) is 0 Å². The summed E-state index contributed by atoms with van der Waals surface area (Å²) in [7, 11) is 0. The van der Waals surface area contributed by atoms with Crippen LogP contribution in [0.4, 0.5) is 0 Å². The predicted octanol–water partition coefficient (Wildman–Crippen LogP) is 2.63. The van der Waals surface area contributed by atoms with E-state index >= 15 is 0 Å². The highest BCUT2D eigenvalue weighted by molar-refractivity contribution is 5.64. The Balaban J connectivity index is 2.95. The van der Waals surface area contributed by atoms with Crippen LogP contribution in [0.3, 0.4) is 0 Å². The largest absolute Gasteiger partial charge is 0.398 e. The lowest BCUT2D eigenvalue weighted by Crippen LogP contribution is -1.96. The number of benzene rings is 1. The van der Waals surface area contributed by atoms with Gasteiger partial charge in [-0.2, -0.15) is 5.26 Å².